The Kier molecular flexibility index (Phi) is 3.69. The van der Waals surface area contributed by atoms with Crippen molar-refractivity contribution in [2.75, 3.05) is 5.73 Å². The van der Waals surface area contributed by atoms with Crippen LogP contribution in [0.5, 0.6) is 0 Å². The molecule has 0 bridgehead atoms. The molecular weight excluding hydrogens is 281 g/mol. The first-order valence-corrected chi connectivity index (χ1v) is 6.44. The van der Waals surface area contributed by atoms with Gasteiger partial charge in [-0.05, 0) is 17.7 Å². The Morgan fingerprint density at radius 3 is 2.43 bits per heavy atom. The van der Waals surface area contributed by atoms with Gasteiger partial charge in [0, 0.05) is 5.41 Å². The van der Waals surface area contributed by atoms with Gasteiger partial charge in [-0.15, -0.1) is 5.10 Å². The summed E-state index contributed by atoms with van der Waals surface area (Å²) in [5, 5.41) is 7.75. The summed E-state index contributed by atoms with van der Waals surface area (Å²) < 4.78 is 39.7. The maximum absolute atomic E-state index is 12.7. The minimum absolute atomic E-state index is 0.195. The minimum atomic E-state index is -4.36. The van der Waals surface area contributed by atoms with Crippen LogP contribution in [0.4, 0.5) is 19.0 Å². The topological polar surface area (TPSA) is 56.7 Å². The van der Waals surface area contributed by atoms with Crippen LogP contribution in [0.3, 0.4) is 0 Å². The van der Waals surface area contributed by atoms with E-state index in [0.717, 1.165) is 12.1 Å². The van der Waals surface area contributed by atoms with Gasteiger partial charge in [-0.1, -0.05) is 38.1 Å². The third-order valence-corrected chi connectivity index (χ3v) is 3.06. The van der Waals surface area contributed by atoms with Crippen LogP contribution < -0.4 is 5.73 Å². The number of nitrogens with two attached hydrogens (primary N) is 1. The van der Waals surface area contributed by atoms with E-state index in [0.29, 0.717) is 17.1 Å². The quantitative estimate of drug-likeness (QED) is 0.926. The molecule has 0 radical (unpaired) electrons. The van der Waals surface area contributed by atoms with Crippen LogP contribution in [-0.2, 0) is 18.1 Å². The second kappa shape index (κ2) is 5.05. The lowest BCUT2D eigenvalue weighted by Gasteiger charge is -2.20. The van der Waals surface area contributed by atoms with Crippen LogP contribution >= 0.6 is 0 Å². The van der Waals surface area contributed by atoms with Crippen LogP contribution in [0.1, 0.15) is 37.6 Å². The molecule has 2 rings (SSSR count). The Hall–Kier alpha value is -2.05. The number of benzene rings is 1. The number of nitrogen functional groups attached to an aromatic ring is 1. The Balaban J connectivity index is 2.36. The second-order valence-electron chi connectivity index (χ2n) is 5.93. The molecule has 0 unspecified atom stereocenters. The third kappa shape index (κ3) is 3.34. The molecule has 2 aromatic rings. The molecule has 7 heteroatoms. The highest BCUT2D eigenvalue weighted by molar-refractivity contribution is 5.38. The summed E-state index contributed by atoms with van der Waals surface area (Å²) >= 11 is 0. The maximum atomic E-state index is 12.7. The van der Waals surface area contributed by atoms with Crippen molar-refractivity contribution in [2.24, 2.45) is 0 Å². The molecule has 0 spiro atoms. The molecule has 0 aliphatic heterocycles. The van der Waals surface area contributed by atoms with Crippen molar-refractivity contribution in [3.8, 4) is 0 Å². The lowest BCUT2D eigenvalue weighted by molar-refractivity contribution is -0.137. The summed E-state index contributed by atoms with van der Waals surface area (Å²) in [6, 6.07) is 5.17. The Morgan fingerprint density at radius 1 is 1.19 bits per heavy atom. The number of hydrogen-bond acceptors (Lipinski definition) is 3. The van der Waals surface area contributed by atoms with Gasteiger partial charge in [-0.2, -0.15) is 13.2 Å². The molecule has 0 saturated heterocycles. The van der Waals surface area contributed by atoms with Gasteiger partial charge in [0.2, 0.25) is 0 Å². The predicted molar refractivity (Wildman–Crippen MR) is 73.7 cm³/mol. The lowest BCUT2D eigenvalue weighted by Crippen LogP contribution is -2.20. The molecule has 0 aliphatic carbocycles. The first-order valence-electron chi connectivity index (χ1n) is 6.44. The first-order chi connectivity index (χ1) is 9.59. The lowest BCUT2D eigenvalue weighted by atomic mass is 9.91. The number of halogens is 3. The van der Waals surface area contributed by atoms with Crippen molar-refractivity contribution in [1.29, 1.82) is 0 Å². The van der Waals surface area contributed by atoms with Gasteiger partial charge in [-0.25, -0.2) is 4.68 Å². The van der Waals surface area contributed by atoms with Crippen molar-refractivity contribution in [2.45, 2.75) is 38.9 Å². The van der Waals surface area contributed by atoms with Crippen LogP contribution in [0.2, 0.25) is 0 Å². The van der Waals surface area contributed by atoms with Gasteiger partial charge in [0.25, 0.3) is 0 Å². The molecule has 0 atom stereocenters. The summed E-state index contributed by atoms with van der Waals surface area (Å²) in [4.78, 5) is 0. The van der Waals surface area contributed by atoms with E-state index < -0.39 is 11.7 Å². The van der Waals surface area contributed by atoms with E-state index in [1.165, 1.54) is 6.07 Å². The standard InChI is InChI=1S/C14H17F3N4/c1-13(2,3)11-12(18)19-20-21(11)8-9-5-4-6-10(7-9)14(15,16)17/h4-7H,8,18H2,1-3H3. The number of rotatable bonds is 2. The number of anilines is 1. The highest BCUT2D eigenvalue weighted by Crippen LogP contribution is 2.30. The SMILES string of the molecule is CC(C)(C)c1c(N)nnn1Cc1cccc(C(F)(F)F)c1. The van der Waals surface area contributed by atoms with Crippen LogP contribution in [0, 0.1) is 0 Å². The Morgan fingerprint density at radius 2 is 1.86 bits per heavy atom. The van der Waals surface area contributed by atoms with Gasteiger partial charge < -0.3 is 5.73 Å². The van der Waals surface area contributed by atoms with Crippen LogP contribution in [-0.4, -0.2) is 15.0 Å². The summed E-state index contributed by atoms with van der Waals surface area (Å²) in [7, 11) is 0. The molecule has 114 valence electrons. The first kappa shape index (κ1) is 15.3. The van der Waals surface area contributed by atoms with Crippen molar-refractivity contribution in [3.63, 3.8) is 0 Å². The summed E-state index contributed by atoms with van der Waals surface area (Å²) in [5.41, 5.74) is 6.04. The predicted octanol–water partition coefficient (Wildman–Crippen LogP) is 3.22. The maximum Gasteiger partial charge on any atom is 0.416 e. The molecule has 0 aliphatic rings. The zero-order valence-corrected chi connectivity index (χ0v) is 12.1. The monoisotopic (exact) mass is 298 g/mol. The molecule has 0 fully saturated rings. The molecule has 1 aromatic heterocycles. The van der Waals surface area contributed by atoms with Crippen LogP contribution in [0.15, 0.2) is 24.3 Å². The molecule has 1 aromatic carbocycles. The van der Waals surface area contributed by atoms with E-state index in [4.69, 9.17) is 5.73 Å². The van der Waals surface area contributed by atoms with Crippen molar-refractivity contribution < 1.29 is 13.2 Å². The largest absolute Gasteiger partial charge is 0.416 e. The van der Waals surface area contributed by atoms with E-state index >= 15 is 0 Å². The van der Waals surface area contributed by atoms with Crippen molar-refractivity contribution >= 4 is 5.82 Å². The second-order valence-corrected chi connectivity index (χ2v) is 5.93. The number of alkyl halides is 3. The average molecular weight is 298 g/mol. The smallest absolute Gasteiger partial charge is 0.381 e. The third-order valence-electron chi connectivity index (χ3n) is 3.06. The molecule has 2 N–H and O–H groups in total. The Bertz CT molecular complexity index is 638. The van der Waals surface area contributed by atoms with Gasteiger partial charge in [0.15, 0.2) is 5.82 Å². The normalized spacial score (nSPS) is 12.7. The van der Waals surface area contributed by atoms with E-state index in [1.807, 2.05) is 20.8 Å². The van der Waals surface area contributed by atoms with Gasteiger partial charge >= 0.3 is 6.18 Å². The fourth-order valence-corrected chi connectivity index (χ4v) is 2.23. The Labute approximate surface area is 120 Å². The molecular formula is C14H17F3N4. The van der Waals surface area contributed by atoms with Crippen LogP contribution in [0.25, 0.3) is 0 Å². The number of hydrogen-bond donors (Lipinski definition) is 1. The van der Waals surface area contributed by atoms with E-state index in [2.05, 4.69) is 10.3 Å². The van der Waals surface area contributed by atoms with Gasteiger partial charge in [0.05, 0.1) is 17.8 Å². The molecule has 4 nitrogen and oxygen atoms in total. The summed E-state index contributed by atoms with van der Waals surface area (Å²) in [6.45, 7) is 6.04. The fraction of sp³-hybridized carbons (Fsp3) is 0.429. The molecule has 21 heavy (non-hydrogen) atoms. The average Bonchev–Trinajstić information content (AvgIpc) is 2.69. The fourth-order valence-electron chi connectivity index (χ4n) is 2.23. The number of aromatic nitrogens is 3. The molecule has 0 amide bonds. The summed E-state index contributed by atoms with van der Waals surface area (Å²) in [6.07, 6.45) is -4.36. The minimum Gasteiger partial charge on any atom is -0.381 e. The number of nitrogens with zero attached hydrogens (tertiary/aromatic N) is 3. The zero-order chi connectivity index (χ0) is 15.8. The van der Waals surface area contributed by atoms with Gasteiger partial charge in [0.1, 0.15) is 0 Å². The zero-order valence-electron chi connectivity index (χ0n) is 12.1. The van der Waals surface area contributed by atoms with Gasteiger partial charge in [-0.3, -0.25) is 0 Å². The molecule has 0 saturated carbocycles. The van der Waals surface area contributed by atoms with E-state index in [9.17, 15) is 13.2 Å². The van der Waals surface area contributed by atoms with Crippen molar-refractivity contribution in [3.05, 3.63) is 41.1 Å². The molecule has 1 heterocycles. The highest BCUT2D eigenvalue weighted by Gasteiger charge is 2.30. The van der Waals surface area contributed by atoms with E-state index in [-0.39, 0.29) is 12.0 Å². The summed E-state index contributed by atoms with van der Waals surface area (Å²) in [5.74, 6) is 0.300. The highest BCUT2D eigenvalue weighted by atomic mass is 19.4. The van der Waals surface area contributed by atoms with E-state index in [1.54, 1.807) is 10.7 Å². The van der Waals surface area contributed by atoms with Crippen molar-refractivity contribution in [1.82, 2.24) is 15.0 Å².